The fraction of sp³-hybridized carbons (Fsp3) is 0.0588. The van der Waals surface area contributed by atoms with Crippen molar-refractivity contribution in [3.63, 3.8) is 0 Å². The van der Waals surface area contributed by atoms with Gasteiger partial charge >= 0.3 is 0 Å². The maximum atomic E-state index is 11.5. The largest absolute Gasteiger partial charge is 0.364 e. The Morgan fingerprint density at radius 3 is 2.67 bits per heavy atom. The lowest BCUT2D eigenvalue weighted by molar-refractivity contribution is 0.0995. The monoisotopic (exact) mass is 319 g/mol. The molecular weight excluding hydrogens is 306 g/mol. The van der Waals surface area contributed by atoms with Crippen molar-refractivity contribution in [1.82, 2.24) is 19.5 Å². The van der Waals surface area contributed by atoms with E-state index in [9.17, 15) is 4.79 Å². The molecule has 7 heteroatoms. The Balaban J connectivity index is 1.92. The molecule has 0 saturated carbocycles. The minimum atomic E-state index is -0.527. The molecule has 3 heterocycles. The number of primary amides is 1. The number of imidazole rings is 1. The topological polar surface area (TPSA) is 99.3 Å². The van der Waals surface area contributed by atoms with Crippen LogP contribution in [0.5, 0.6) is 0 Å². The number of aromatic nitrogens is 4. The van der Waals surface area contributed by atoms with Gasteiger partial charge in [0.25, 0.3) is 11.8 Å². The van der Waals surface area contributed by atoms with Gasteiger partial charge in [0.2, 0.25) is 0 Å². The fourth-order valence-corrected chi connectivity index (χ4v) is 2.65. The Hall–Kier alpha value is -3.48. The average molecular weight is 319 g/mol. The third kappa shape index (κ3) is 2.23. The predicted octanol–water partition coefficient (Wildman–Crippen LogP) is 2.46. The number of nitrogens with zero attached hydrogens (tertiary/aromatic N) is 4. The summed E-state index contributed by atoms with van der Waals surface area (Å²) < 4.78 is 6.97. The molecule has 7 nitrogen and oxygen atoms in total. The van der Waals surface area contributed by atoms with Crippen LogP contribution >= 0.6 is 0 Å². The summed E-state index contributed by atoms with van der Waals surface area (Å²) in [5.74, 6) is 0.491. The molecule has 2 N–H and O–H groups in total. The lowest BCUT2D eigenvalue weighted by Gasteiger charge is -2.08. The molecule has 4 aromatic rings. The summed E-state index contributed by atoms with van der Waals surface area (Å²) in [6, 6.07) is 11.5. The molecule has 0 atom stereocenters. The quantitative estimate of drug-likeness (QED) is 0.625. The van der Waals surface area contributed by atoms with E-state index in [1.165, 1.54) is 6.20 Å². The summed E-state index contributed by atoms with van der Waals surface area (Å²) in [6.07, 6.45) is 3.29. The molecule has 0 radical (unpaired) electrons. The number of hydrogen-bond acceptors (Lipinski definition) is 5. The first-order valence-electron chi connectivity index (χ1n) is 7.30. The van der Waals surface area contributed by atoms with E-state index in [1.807, 2.05) is 42.6 Å². The second-order valence-corrected chi connectivity index (χ2v) is 5.35. The highest BCUT2D eigenvalue weighted by Gasteiger charge is 2.14. The molecule has 0 unspecified atom stereocenters. The van der Waals surface area contributed by atoms with Gasteiger partial charge in [-0.2, -0.15) is 4.98 Å². The number of benzene rings is 1. The number of hydrogen-bond donors (Lipinski definition) is 1. The lowest BCUT2D eigenvalue weighted by atomic mass is 10.0. The van der Waals surface area contributed by atoms with E-state index >= 15 is 0 Å². The molecule has 0 aliphatic carbocycles. The van der Waals surface area contributed by atoms with Crippen LogP contribution in [-0.2, 0) is 0 Å². The molecule has 0 aliphatic heterocycles. The van der Waals surface area contributed by atoms with E-state index in [0.717, 1.165) is 16.7 Å². The van der Waals surface area contributed by atoms with E-state index in [-0.39, 0.29) is 0 Å². The molecule has 1 amide bonds. The zero-order valence-electron chi connectivity index (χ0n) is 12.8. The number of pyridine rings is 1. The van der Waals surface area contributed by atoms with Crippen LogP contribution in [0, 0.1) is 6.92 Å². The van der Waals surface area contributed by atoms with Gasteiger partial charge < -0.3 is 10.3 Å². The highest BCUT2D eigenvalue weighted by Crippen LogP contribution is 2.31. The molecule has 118 valence electrons. The van der Waals surface area contributed by atoms with Gasteiger partial charge in [-0.3, -0.25) is 9.20 Å². The molecule has 0 fully saturated rings. The SMILES string of the molecule is Cc1noc(-c2ccccc2-c2ccc3ncc(C(N)=O)n3c2)n1. The molecular formula is C17H13N5O2. The van der Waals surface area contributed by atoms with Crippen LogP contribution in [0.4, 0.5) is 0 Å². The Morgan fingerprint density at radius 2 is 1.96 bits per heavy atom. The smallest absolute Gasteiger partial charge is 0.267 e. The van der Waals surface area contributed by atoms with Crippen LogP contribution in [0.15, 0.2) is 53.3 Å². The highest BCUT2D eigenvalue weighted by molar-refractivity contribution is 5.92. The Bertz CT molecular complexity index is 1060. The first kappa shape index (κ1) is 14.1. The van der Waals surface area contributed by atoms with Gasteiger partial charge in [0.15, 0.2) is 5.82 Å². The van der Waals surface area contributed by atoms with Crippen molar-refractivity contribution in [3.8, 4) is 22.6 Å². The summed E-state index contributed by atoms with van der Waals surface area (Å²) >= 11 is 0. The highest BCUT2D eigenvalue weighted by atomic mass is 16.5. The Kier molecular flexibility index (Phi) is 3.13. The number of fused-ring (bicyclic) bond motifs is 1. The van der Waals surface area contributed by atoms with Gasteiger partial charge in [0.1, 0.15) is 11.3 Å². The maximum absolute atomic E-state index is 11.5. The molecule has 0 saturated heterocycles. The van der Waals surface area contributed by atoms with Crippen molar-refractivity contribution < 1.29 is 9.32 Å². The summed E-state index contributed by atoms with van der Waals surface area (Å²) in [7, 11) is 0. The van der Waals surface area contributed by atoms with Crippen LogP contribution in [0.25, 0.3) is 28.2 Å². The van der Waals surface area contributed by atoms with Crippen molar-refractivity contribution in [2.45, 2.75) is 6.92 Å². The molecule has 3 aromatic heterocycles. The van der Waals surface area contributed by atoms with E-state index < -0.39 is 5.91 Å². The second-order valence-electron chi connectivity index (χ2n) is 5.35. The van der Waals surface area contributed by atoms with E-state index in [1.54, 1.807) is 11.3 Å². The van der Waals surface area contributed by atoms with Gasteiger partial charge in [-0.1, -0.05) is 23.4 Å². The third-order valence-corrected chi connectivity index (χ3v) is 3.75. The lowest BCUT2D eigenvalue weighted by Crippen LogP contribution is -2.13. The predicted molar refractivity (Wildman–Crippen MR) is 87.2 cm³/mol. The van der Waals surface area contributed by atoms with Crippen LogP contribution in [0.1, 0.15) is 16.3 Å². The van der Waals surface area contributed by atoms with Crippen molar-refractivity contribution in [1.29, 1.82) is 0 Å². The number of nitrogens with two attached hydrogens (primary N) is 1. The minimum absolute atomic E-state index is 0.331. The third-order valence-electron chi connectivity index (χ3n) is 3.75. The van der Waals surface area contributed by atoms with Gasteiger partial charge in [-0.05, 0) is 36.2 Å². The molecule has 0 aliphatic rings. The summed E-state index contributed by atoms with van der Waals surface area (Å²) in [5, 5.41) is 3.84. The summed E-state index contributed by atoms with van der Waals surface area (Å²) in [4.78, 5) is 20.0. The molecule has 24 heavy (non-hydrogen) atoms. The van der Waals surface area contributed by atoms with Crippen LogP contribution in [0.2, 0.25) is 0 Å². The van der Waals surface area contributed by atoms with Gasteiger partial charge in [0, 0.05) is 11.8 Å². The van der Waals surface area contributed by atoms with Gasteiger partial charge in [-0.25, -0.2) is 4.98 Å². The van der Waals surface area contributed by atoms with Crippen LogP contribution < -0.4 is 5.73 Å². The Morgan fingerprint density at radius 1 is 1.17 bits per heavy atom. The van der Waals surface area contributed by atoms with Crippen molar-refractivity contribution >= 4 is 11.6 Å². The number of carbonyl (C=O) groups is 1. The normalized spacial score (nSPS) is 11.0. The molecule has 4 rings (SSSR count). The average Bonchev–Trinajstić information content (AvgIpc) is 3.20. The zero-order chi connectivity index (χ0) is 16.7. The second kappa shape index (κ2) is 5.31. The standard InChI is InChI=1S/C17H13N5O2/c1-10-20-17(24-21-10)13-5-3-2-4-12(13)11-6-7-15-19-8-14(16(18)23)22(15)9-11/h2-9H,1H3,(H2,18,23). The Labute approximate surface area is 136 Å². The first-order chi connectivity index (χ1) is 11.6. The zero-order valence-corrected chi connectivity index (χ0v) is 12.8. The number of rotatable bonds is 3. The van der Waals surface area contributed by atoms with Crippen molar-refractivity contribution in [2.75, 3.05) is 0 Å². The minimum Gasteiger partial charge on any atom is -0.364 e. The van der Waals surface area contributed by atoms with Crippen LogP contribution in [0.3, 0.4) is 0 Å². The number of amides is 1. The maximum Gasteiger partial charge on any atom is 0.267 e. The summed E-state index contributed by atoms with van der Waals surface area (Å²) in [6.45, 7) is 1.77. The van der Waals surface area contributed by atoms with E-state index in [4.69, 9.17) is 10.3 Å². The molecule has 0 bridgehead atoms. The van der Waals surface area contributed by atoms with Crippen molar-refractivity contribution in [2.24, 2.45) is 5.73 Å². The number of aryl methyl sites for hydroxylation is 1. The van der Waals surface area contributed by atoms with Crippen molar-refractivity contribution in [3.05, 3.63) is 60.3 Å². The van der Waals surface area contributed by atoms with E-state index in [2.05, 4.69) is 15.1 Å². The summed E-state index contributed by atoms with van der Waals surface area (Å²) in [5.41, 5.74) is 9.00. The van der Waals surface area contributed by atoms with E-state index in [0.29, 0.717) is 23.1 Å². The molecule has 0 spiro atoms. The molecule has 1 aromatic carbocycles. The van der Waals surface area contributed by atoms with Gasteiger partial charge in [0.05, 0.1) is 6.20 Å². The fourth-order valence-electron chi connectivity index (χ4n) is 2.65. The van der Waals surface area contributed by atoms with Gasteiger partial charge in [-0.15, -0.1) is 0 Å². The van der Waals surface area contributed by atoms with Crippen LogP contribution in [-0.4, -0.2) is 25.4 Å². The number of carbonyl (C=O) groups excluding carboxylic acids is 1. The first-order valence-corrected chi connectivity index (χ1v) is 7.30.